The second-order valence-corrected chi connectivity index (χ2v) is 10.3. The third-order valence-electron chi connectivity index (χ3n) is 5.75. The lowest BCUT2D eigenvalue weighted by Crippen LogP contribution is -2.54. The van der Waals surface area contributed by atoms with E-state index in [-0.39, 0.29) is 34.4 Å². The van der Waals surface area contributed by atoms with Gasteiger partial charge in [-0.2, -0.15) is 0 Å². The largest absolute Gasteiger partial charge is 0.495 e. The molecule has 0 atom stereocenters. The SMILES string of the molecule is COc1cc(N2C(=O)NC(=O)/C(=C\c3cc(Br)c(OCc4ccc(Cl)cc4Cl)c(OC)c3)C2=O)c(OC)cc1Cl. The van der Waals surface area contributed by atoms with E-state index in [2.05, 4.69) is 21.2 Å². The highest BCUT2D eigenvalue weighted by atomic mass is 79.9. The molecule has 1 N–H and O–H groups in total. The lowest BCUT2D eigenvalue weighted by molar-refractivity contribution is -0.122. The molecule has 13 heteroatoms. The van der Waals surface area contributed by atoms with Crippen molar-refractivity contribution in [1.29, 1.82) is 0 Å². The fourth-order valence-corrected chi connectivity index (χ4v) is 5.08. The summed E-state index contributed by atoms with van der Waals surface area (Å²) in [6.07, 6.45) is 1.32. The van der Waals surface area contributed by atoms with Gasteiger partial charge in [-0.25, -0.2) is 9.69 Å². The molecule has 0 saturated carbocycles. The fraction of sp³-hybridized carbons (Fsp3) is 0.148. The number of amides is 4. The average Bonchev–Trinajstić information content (AvgIpc) is 2.91. The van der Waals surface area contributed by atoms with Crippen LogP contribution in [0, 0.1) is 0 Å². The predicted molar refractivity (Wildman–Crippen MR) is 155 cm³/mol. The van der Waals surface area contributed by atoms with Crippen LogP contribution in [0.25, 0.3) is 6.08 Å². The van der Waals surface area contributed by atoms with Crippen molar-refractivity contribution < 1.29 is 33.3 Å². The minimum absolute atomic E-state index is 0.0352. The van der Waals surface area contributed by atoms with E-state index >= 15 is 0 Å². The molecular weight excluding hydrogens is 651 g/mol. The number of imide groups is 2. The van der Waals surface area contributed by atoms with Gasteiger partial charge >= 0.3 is 6.03 Å². The van der Waals surface area contributed by atoms with Crippen molar-refractivity contribution in [2.45, 2.75) is 6.61 Å². The van der Waals surface area contributed by atoms with Crippen LogP contribution >= 0.6 is 50.7 Å². The Morgan fingerprint density at radius 3 is 2.23 bits per heavy atom. The molecule has 40 heavy (non-hydrogen) atoms. The van der Waals surface area contributed by atoms with Gasteiger partial charge in [0.15, 0.2) is 11.5 Å². The smallest absolute Gasteiger partial charge is 0.336 e. The Morgan fingerprint density at radius 1 is 0.875 bits per heavy atom. The molecule has 1 aliphatic rings. The molecule has 0 spiro atoms. The van der Waals surface area contributed by atoms with Gasteiger partial charge in [-0.3, -0.25) is 14.9 Å². The maximum absolute atomic E-state index is 13.5. The van der Waals surface area contributed by atoms with Gasteiger partial charge in [0.2, 0.25) is 0 Å². The van der Waals surface area contributed by atoms with E-state index < -0.39 is 17.8 Å². The van der Waals surface area contributed by atoms with E-state index in [1.54, 1.807) is 30.3 Å². The molecule has 4 rings (SSSR count). The second kappa shape index (κ2) is 12.4. The molecule has 9 nitrogen and oxygen atoms in total. The van der Waals surface area contributed by atoms with Gasteiger partial charge in [0, 0.05) is 27.7 Å². The average molecular weight is 671 g/mol. The molecule has 3 aromatic rings. The number of methoxy groups -OCH3 is 3. The van der Waals surface area contributed by atoms with Gasteiger partial charge in [0.05, 0.1) is 36.5 Å². The highest BCUT2D eigenvalue weighted by Gasteiger charge is 2.38. The number of hydrogen-bond donors (Lipinski definition) is 1. The Labute approximate surface area is 252 Å². The number of halogens is 4. The van der Waals surface area contributed by atoms with Crippen molar-refractivity contribution in [1.82, 2.24) is 5.32 Å². The summed E-state index contributed by atoms with van der Waals surface area (Å²) >= 11 is 21.8. The molecule has 0 radical (unpaired) electrons. The number of nitrogens with zero attached hydrogens (tertiary/aromatic N) is 1. The Balaban J connectivity index is 1.69. The molecule has 208 valence electrons. The summed E-state index contributed by atoms with van der Waals surface area (Å²) in [5.41, 5.74) is 0.836. The van der Waals surface area contributed by atoms with Gasteiger partial charge in [-0.1, -0.05) is 40.9 Å². The standard InChI is InChI=1S/C27H20BrCl3N2O7/c1-37-21-11-20(22(38-2)10-19(21)31)33-26(35)16(25(34)32-27(33)36)6-13-7-17(28)24(23(8-13)39-3)40-12-14-4-5-15(29)9-18(14)30/h4-11H,12H2,1-3H3,(H,32,34,36)/b16-6+. The van der Waals surface area contributed by atoms with Crippen LogP contribution in [0.4, 0.5) is 10.5 Å². The third kappa shape index (κ3) is 6.00. The first-order chi connectivity index (χ1) is 19.1. The van der Waals surface area contributed by atoms with E-state index in [9.17, 15) is 14.4 Å². The van der Waals surface area contributed by atoms with E-state index in [1.165, 1.54) is 39.5 Å². The van der Waals surface area contributed by atoms with Crippen LogP contribution < -0.4 is 29.2 Å². The topological polar surface area (TPSA) is 103 Å². The van der Waals surface area contributed by atoms with Gasteiger partial charge < -0.3 is 18.9 Å². The number of urea groups is 1. The maximum atomic E-state index is 13.5. The van der Waals surface area contributed by atoms with E-state index in [1.807, 2.05) is 0 Å². The molecule has 4 amide bonds. The molecule has 1 heterocycles. The highest BCUT2D eigenvalue weighted by molar-refractivity contribution is 9.10. The first kappa shape index (κ1) is 29.5. The number of barbiturate groups is 1. The van der Waals surface area contributed by atoms with Crippen molar-refractivity contribution >= 4 is 80.3 Å². The molecule has 0 aromatic heterocycles. The van der Waals surface area contributed by atoms with Crippen LogP contribution in [-0.2, 0) is 16.2 Å². The normalized spacial score (nSPS) is 14.3. The summed E-state index contributed by atoms with van der Waals surface area (Å²) in [7, 11) is 4.18. The zero-order valence-corrected chi connectivity index (χ0v) is 25.0. The molecule has 0 unspecified atom stereocenters. The summed E-state index contributed by atoms with van der Waals surface area (Å²) in [6, 6.07) is 10.1. The Hall–Kier alpha value is -3.44. The summed E-state index contributed by atoms with van der Waals surface area (Å²) in [5.74, 6) is -0.764. The molecule has 1 aliphatic heterocycles. The van der Waals surface area contributed by atoms with E-state index in [4.69, 9.17) is 53.8 Å². The first-order valence-corrected chi connectivity index (χ1v) is 13.3. The number of anilines is 1. The fourth-order valence-electron chi connectivity index (χ4n) is 3.81. The summed E-state index contributed by atoms with van der Waals surface area (Å²) in [4.78, 5) is 39.7. The predicted octanol–water partition coefficient (Wildman–Crippen LogP) is 6.68. The zero-order chi connectivity index (χ0) is 29.1. The van der Waals surface area contributed by atoms with Crippen LogP contribution in [0.3, 0.4) is 0 Å². The Bertz CT molecular complexity index is 1560. The zero-order valence-electron chi connectivity index (χ0n) is 21.1. The number of rotatable bonds is 8. The quantitative estimate of drug-likeness (QED) is 0.211. The van der Waals surface area contributed by atoms with Crippen LogP contribution in [-0.4, -0.2) is 39.2 Å². The lowest BCUT2D eigenvalue weighted by atomic mass is 10.1. The third-order valence-corrected chi connectivity index (χ3v) is 7.22. The molecule has 3 aromatic carbocycles. The number of carbonyl (C=O) groups is 3. The number of carbonyl (C=O) groups excluding carboxylic acids is 3. The first-order valence-electron chi connectivity index (χ1n) is 11.3. The minimum Gasteiger partial charge on any atom is -0.495 e. The van der Waals surface area contributed by atoms with E-state index in [0.29, 0.717) is 37.1 Å². The Kier molecular flexibility index (Phi) is 9.15. The maximum Gasteiger partial charge on any atom is 0.336 e. The second-order valence-electron chi connectivity index (χ2n) is 8.17. The monoisotopic (exact) mass is 668 g/mol. The molecule has 1 fully saturated rings. The van der Waals surface area contributed by atoms with Gasteiger partial charge in [0.25, 0.3) is 11.8 Å². The molecule has 0 aliphatic carbocycles. The summed E-state index contributed by atoms with van der Waals surface area (Å²) in [5, 5.41) is 3.32. The van der Waals surface area contributed by atoms with Crippen molar-refractivity contribution in [2.75, 3.05) is 26.2 Å². The van der Waals surface area contributed by atoms with Crippen molar-refractivity contribution in [3.63, 3.8) is 0 Å². The van der Waals surface area contributed by atoms with Crippen molar-refractivity contribution in [3.8, 4) is 23.0 Å². The Morgan fingerprint density at radius 2 is 1.57 bits per heavy atom. The highest BCUT2D eigenvalue weighted by Crippen LogP contribution is 2.41. The lowest BCUT2D eigenvalue weighted by Gasteiger charge is -2.28. The van der Waals surface area contributed by atoms with Crippen molar-refractivity contribution in [2.24, 2.45) is 0 Å². The number of hydrogen-bond acceptors (Lipinski definition) is 7. The minimum atomic E-state index is -0.960. The van der Waals surface area contributed by atoms with Gasteiger partial charge in [0.1, 0.15) is 23.7 Å². The van der Waals surface area contributed by atoms with Crippen molar-refractivity contribution in [3.05, 3.63) is 78.7 Å². The van der Waals surface area contributed by atoms with Crippen LogP contribution in [0.2, 0.25) is 15.1 Å². The van der Waals surface area contributed by atoms with Crippen LogP contribution in [0.5, 0.6) is 23.0 Å². The van der Waals surface area contributed by atoms with Crippen LogP contribution in [0.15, 0.2) is 52.5 Å². The molecule has 0 bridgehead atoms. The number of nitrogens with one attached hydrogen (secondary N) is 1. The number of ether oxygens (including phenoxy) is 4. The summed E-state index contributed by atoms with van der Waals surface area (Å²) < 4.78 is 22.4. The van der Waals surface area contributed by atoms with Gasteiger partial charge in [-0.05, 0) is 51.8 Å². The van der Waals surface area contributed by atoms with Gasteiger partial charge in [-0.15, -0.1) is 0 Å². The molecule has 1 saturated heterocycles. The van der Waals surface area contributed by atoms with E-state index in [0.717, 1.165) is 4.90 Å². The van der Waals surface area contributed by atoms with Crippen LogP contribution in [0.1, 0.15) is 11.1 Å². The number of benzene rings is 3. The summed E-state index contributed by atoms with van der Waals surface area (Å²) in [6.45, 7) is 0.121. The molecular formula is C27H20BrCl3N2O7.